The van der Waals surface area contributed by atoms with Crippen LogP contribution in [0.4, 0.5) is 0 Å². The lowest BCUT2D eigenvalue weighted by Gasteiger charge is -2.08. The fourth-order valence-electron chi connectivity index (χ4n) is 3.03. The van der Waals surface area contributed by atoms with Crippen LogP contribution in [-0.4, -0.2) is 18.1 Å². The van der Waals surface area contributed by atoms with Crippen molar-refractivity contribution in [2.45, 2.75) is 0 Å². The Labute approximate surface area is 151 Å². The first kappa shape index (κ1) is 15.5. The molecule has 2 N–H and O–H groups in total. The Morgan fingerprint density at radius 1 is 0.800 bits per heavy atom. The lowest BCUT2D eigenvalue weighted by Crippen LogP contribution is -2.21. The van der Waals surface area contributed by atoms with E-state index in [1.165, 1.54) is 0 Å². The number of hydrogen-bond acceptors (Lipinski definition) is 3. The Kier molecular flexibility index (Phi) is 3.62. The molecule has 6 heteroatoms. The Balaban J connectivity index is 1.91. The van der Waals surface area contributed by atoms with Gasteiger partial charge in [0.1, 0.15) is 6.29 Å². The Morgan fingerprint density at radius 2 is 1.36 bits per heavy atom. The van der Waals surface area contributed by atoms with Crippen LogP contribution >= 0.6 is 15.9 Å². The molecular formula is C19H11BrN2O3. The third-order valence-electron chi connectivity index (χ3n) is 4.11. The second kappa shape index (κ2) is 5.82. The maximum absolute atomic E-state index is 12.5. The van der Waals surface area contributed by atoms with Gasteiger partial charge in [0.15, 0.2) is 0 Å². The number of amides is 2. The lowest BCUT2D eigenvalue weighted by atomic mass is 10.0. The first-order chi connectivity index (χ1) is 12.1. The topological polar surface area (TPSA) is 75.3 Å². The SMILES string of the molecule is O=Cc1cccc(C2=C3C(=O)NC(c4cccc(Br)c4)=C3C(=O)N2)c1. The van der Waals surface area contributed by atoms with Gasteiger partial charge in [-0.3, -0.25) is 14.4 Å². The van der Waals surface area contributed by atoms with E-state index in [0.717, 1.165) is 16.3 Å². The molecule has 2 aromatic rings. The number of aldehydes is 1. The highest BCUT2D eigenvalue weighted by Crippen LogP contribution is 2.37. The molecular weight excluding hydrogens is 384 g/mol. The second-order valence-corrected chi connectivity index (χ2v) is 6.58. The highest BCUT2D eigenvalue weighted by molar-refractivity contribution is 9.10. The van der Waals surface area contributed by atoms with Crippen LogP contribution < -0.4 is 10.6 Å². The van der Waals surface area contributed by atoms with Gasteiger partial charge in [-0.05, 0) is 29.3 Å². The van der Waals surface area contributed by atoms with Crippen molar-refractivity contribution in [3.05, 3.63) is 80.8 Å². The molecule has 0 bridgehead atoms. The molecule has 0 unspecified atom stereocenters. The predicted octanol–water partition coefficient (Wildman–Crippen LogP) is 2.64. The monoisotopic (exact) mass is 394 g/mol. The van der Waals surface area contributed by atoms with Crippen LogP contribution in [0.5, 0.6) is 0 Å². The quantitative estimate of drug-likeness (QED) is 0.785. The molecule has 2 aliphatic heterocycles. The number of fused-ring (bicyclic) bond motifs is 1. The van der Waals surface area contributed by atoms with Crippen molar-refractivity contribution >= 4 is 45.4 Å². The number of carbonyl (C=O) groups excluding carboxylic acids is 3. The van der Waals surface area contributed by atoms with E-state index in [4.69, 9.17) is 0 Å². The summed E-state index contributed by atoms with van der Waals surface area (Å²) >= 11 is 3.40. The van der Waals surface area contributed by atoms with Crippen molar-refractivity contribution in [1.82, 2.24) is 10.6 Å². The van der Waals surface area contributed by atoms with Gasteiger partial charge >= 0.3 is 0 Å². The molecule has 0 aromatic heterocycles. The standard InChI is InChI=1S/C19H11BrN2O3/c20-13-6-2-5-12(8-13)17-15-14(18(24)22-17)16(21-19(15)25)11-4-1-3-10(7-11)9-23/h1-9H,(H,21,25)(H,22,24). The summed E-state index contributed by atoms with van der Waals surface area (Å²) in [5, 5.41) is 5.55. The first-order valence-corrected chi connectivity index (χ1v) is 8.31. The van der Waals surface area contributed by atoms with Crippen LogP contribution in [0.1, 0.15) is 21.5 Å². The zero-order chi connectivity index (χ0) is 17.6. The van der Waals surface area contributed by atoms with Crippen LogP contribution in [0, 0.1) is 0 Å². The molecule has 0 radical (unpaired) electrons. The van der Waals surface area contributed by atoms with Crippen molar-refractivity contribution < 1.29 is 14.4 Å². The lowest BCUT2D eigenvalue weighted by molar-refractivity contribution is -0.117. The second-order valence-electron chi connectivity index (χ2n) is 5.66. The molecule has 5 nitrogen and oxygen atoms in total. The first-order valence-electron chi connectivity index (χ1n) is 7.51. The van der Waals surface area contributed by atoms with Gasteiger partial charge in [0, 0.05) is 10.0 Å². The Morgan fingerprint density at radius 3 is 1.92 bits per heavy atom. The summed E-state index contributed by atoms with van der Waals surface area (Å²) in [6.07, 6.45) is 0.726. The molecule has 25 heavy (non-hydrogen) atoms. The van der Waals surface area contributed by atoms with Gasteiger partial charge < -0.3 is 10.6 Å². The highest BCUT2D eigenvalue weighted by Gasteiger charge is 2.40. The van der Waals surface area contributed by atoms with E-state index < -0.39 is 0 Å². The molecule has 0 saturated heterocycles. The summed E-state index contributed by atoms with van der Waals surface area (Å²) in [7, 11) is 0. The Hall–Kier alpha value is -2.99. The van der Waals surface area contributed by atoms with E-state index in [2.05, 4.69) is 26.6 Å². The molecule has 2 aromatic carbocycles. The van der Waals surface area contributed by atoms with Gasteiger partial charge in [0.2, 0.25) is 0 Å². The molecule has 0 atom stereocenters. The highest BCUT2D eigenvalue weighted by atomic mass is 79.9. The maximum atomic E-state index is 12.5. The zero-order valence-electron chi connectivity index (χ0n) is 12.8. The van der Waals surface area contributed by atoms with E-state index >= 15 is 0 Å². The summed E-state index contributed by atoms with van der Waals surface area (Å²) in [5.74, 6) is -0.676. The van der Waals surface area contributed by atoms with Crippen molar-refractivity contribution in [2.75, 3.05) is 0 Å². The van der Waals surface area contributed by atoms with Crippen molar-refractivity contribution in [3.63, 3.8) is 0 Å². The van der Waals surface area contributed by atoms with Crippen LogP contribution in [0.2, 0.25) is 0 Å². The molecule has 2 heterocycles. The largest absolute Gasteiger partial charge is 0.321 e. The van der Waals surface area contributed by atoms with Gasteiger partial charge in [-0.2, -0.15) is 0 Å². The van der Waals surface area contributed by atoms with Gasteiger partial charge in [-0.1, -0.05) is 46.3 Å². The van der Waals surface area contributed by atoms with Gasteiger partial charge in [-0.25, -0.2) is 0 Å². The number of hydrogen-bond donors (Lipinski definition) is 2. The number of rotatable bonds is 3. The van der Waals surface area contributed by atoms with E-state index in [9.17, 15) is 14.4 Å². The van der Waals surface area contributed by atoms with Gasteiger partial charge in [0.25, 0.3) is 11.8 Å². The van der Waals surface area contributed by atoms with E-state index in [1.807, 2.05) is 24.3 Å². The van der Waals surface area contributed by atoms with Crippen LogP contribution in [-0.2, 0) is 9.59 Å². The molecule has 0 fully saturated rings. The minimum absolute atomic E-state index is 0.308. The zero-order valence-corrected chi connectivity index (χ0v) is 14.4. The number of benzene rings is 2. The molecule has 122 valence electrons. The summed E-state index contributed by atoms with van der Waals surface area (Å²) < 4.78 is 0.849. The average Bonchev–Trinajstić information content (AvgIpc) is 3.14. The van der Waals surface area contributed by atoms with E-state index in [-0.39, 0.29) is 11.8 Å². The van der Waals surface area contributed by atoms with E-state index in [1.54, 1.807) is 24.3 Å². The molecule has 0 saturated carbocycles. The van der Waals surface area contributed by atoms with Crippen molar-refractivity contribution in [3.8, 4) is 0 Å². The van der Waals surface area contributed by atoms with Crippen molar-refractivity contribution in [2.24, 2.45) is 0 Å². The van der Waals surface area contributed by atoms with Crippen LogP contribution in [0.15, 0.2) is 64.1 Å². The molecule has 2 amide bonds. The fourth-order valence-corrected chi connectivity index (χ4v) is 3.42. The summed E-state index contributed by atoms with van der Waals surface area (Å²) in [4.78, 5) is 36.1. The smallest absolute Gasteiger partial charge is 0.258 e. The third-order valence-corrected chi connectivity index (χ3v) is 4.60. The molecule has 0 aliphatic carbocycles. The summed E-state index contributed by atoms with van der Waals surface area (Å²) in [6.45, 7) is 0. The number of halogens is 1. The average molecular weight is 395 g/mol. The van der Waals surface area contributed by atoms with Gasteiger partial charge in [-0.15, -0.1) is 0 Å². The molecule has 2 aliphatic rings. The summed E-state index contributed by atoms with van der Waals surface area (Å²) in [5.41, 5.74) is 3.38. The predicted molar refractivity (Wildman–Crippen MR) is 96.1 cm³/mol. The minimum Gasteiger partial charge on any atom is -0.321 e. The maximum Gasteiger partial charge on any atom is 0.258 e. The summed E-state index contributed by atoms with van der Waals surface area (Å²) in [6, 6.07) is 14.1. The fraction of sp³-hybridized carbons (Fsp3) is 0. The number of carbonyl (C=O) groups is 3. The Bertz CT molecular complexity index is 1020. The van der Waals surface area contributed by atoms with E-state index in [0.29, 0.717) is 33.7 Å². The molecule has 4 rings (SSSR count). The number of nitrogens with one attached hydrogen (secondary N) is 2. The van der Waals surface area contributed by atoms with Gasteiger partial charge in [0.05, 0.1) is 22.5 Å². The third kappa shape index (κ3) is 2.51. The van der Waals surface area contributed by atoms with Crippen molar-refractivity contribution in [1.29, 1.82) is 0 Å². The molecule has 0 spiro atoms. The van der Waals surface area contributed by atoms with Crippen LogP contribution in [0.25, 0.3) is 11.4 Å². The van der Waals surface area contributed by atoms with Crippen LogP contribution in [0.3, 0.4) is 0 Å². The minimum atomic E-state index is -0.338. The normalized spacial score (nSPS) is 16.0.